The normalized spacial score (nSPS) is 20.2. The highest BCUT2D eigenvalue weighted by Crippen LogP contribution is 2.33. The lowest BCUT2D eigenvalue weighted by Gasteiger charge is -2.30. The molecular formula is C22H32N4O4S2. The van der Waals surface area contributed by atoms with E-state index in [-0.39, 0.29) is 23.5 Å². The van der Waals surface area contributed by atoms with Crippen LogP contribution in [0.5, 0.6) is 0 Å². The van der Waals surface area contributed by atoms with E-state index in [2.05, 4.69) is 16.6 Å². The van der Waals surface area contributed by atoms with Gasteiger partial charge in [-0.25, -0.2) is 18.1 Å². The number of hydrogen-bond donors (Lipinski definition) is 1. The van der Waals surface area contributed by atoms with Crippen molar-refractivity contribution >= 4 is 27.3 Å². The molecule has 1 N–H and O–H groups in total. The Balaban J connectivity index is 1.57. The largest absolute Gasteiger partial charge is 0.377 e. The van der Waals surface area contributed by atoms with Crippen LogP contribution in [0.15, 0.2) is 11.0 Å². The molecule has 2 fully saturated rings. The predicted molar refractivity (Wildman–Crippen MR) is 124 cm³/mol. The van der Waals surface area contributed by atoms with E-state index in [9.17, 15) is 13.2 Å². The number of carbonyl (C=O) groups is 1. The molecule has 1 unspecified atom stereocenters. The lowest BCUT2D eigenvalue weighted by molar-refractivity contribution is 0.0701. The Bertz CT molecular complexity index is 1090. The van der Waals surface area contributed by atoms with Crippen LogP contribution >= 0.6 is 11.3 Å². The number of hydrogen-bond acceptors (Lipinski definition) is 6. The molecule has 4 heterocycles. The number of rotatable bonds is 6. The molecular weight excluding hydrogens is 448 g/mol. The minimum atomic E-state index is -3.68. The maximum absolute atomic E-state index is 13.1. The molecule has 0 aromatic carbocycles. The Labute approximate surface area is 194 Å². The van der Waals surface area contributed by atoms with Crippen molar-refractivity contribution in [1.82, 2.24) is 19.2 Å². The van der Waals surface area contributed by atoms with E-state index < -0.39 is 10.0 Å². The van der Waals surface area contributed by atoms with Gasteiger partial charge in [0.05, 0.1) is 17.5 Å². The topological polar surface area (TPSA) is 93.5 Å². The highest BCUT2D eigenvalue weighted by Gasteiger charge is 2.28. The third kappa shape index (κ3) is 4.64. The van der Waals surface area contributed by atoms with Gasteiger partial charge >= 0.3 is 0 Å². The minimum absolute atomic E-state index is 0.0233. The molecule has 2 aliphatic rings. The quantitative estimate of drug-likeness (QED) is 0.686. The Morgan fingerprint density at radius 2 is 2.00 bits per heavy atom. The highest BCUT2D eigenvalue weighted by atomic mass is 32.2. The molecule has 2 aromatic heterocycles. The van der Waals surface area contributed by atoms with Gasteiger partial charge in [0.1, 0.15) is 14.8 Å². The van der Waals surface area contributed by atoms with E-state index in [0.717, 1.165) is 38.8 Å². The lowest BCUT2D eigenvalue weighted by Crippen LogP contribution is -2.37. The van der Waals surface area contributed by atoms with Crippen LogP contribution in [0, 0.1) is 19.8 Å². The van der Waals surface area contributed by atoms with E-state index in [1.54, 1.807) is 13.0 Å². The number of ether oxygens (including phenoxy) is 1. The average molecular weight is 481 g/mol. The summed E-state index contributed by atoms with van der Waals surface area (Å²) in [5.41, 5.74) is 2.01. The van der Waals surface area contributed by atoms with Crippen molar-refractivity contribution in [1.29, 1.82) is 0 Å². The third-order valence-corrected chi connectivity index (χ3v) is 9.29. The number of likely N-dealkylation sites (tertiary alicyclic amines) is 1. The molecule has 10 heteroatoms. The molecule has 1 atom stereocenters. The number of amides is 1. The molecule has 0 radical (unpaired) electrons. The summed E-state index contributed by atoms with van der Waals surface area (Å²) >= 11 is 1.34. The molecule has 2 aliphatic heterocycles. The first kappa shape index (κ1) is 23.4. The Hall–Kier alpha value is -1.75. The lowest BCUT2D eigenvalue weighted by atomic mass is 9.99. The molecule has 176 valence electrons. The van der Waals surface area contributed by atoms with Gasteiger partial charge in [-0.15, -0.1) is 11.3 Å². The molecule has 4 rings (SSSR count). The first-order chi connectivity index (χ1) is 15.2. The van der Waals surface area contributed by atoms with Crippen LogP contribution in [0.3, 0.4) is 0 Å². The number of nitrogens with one attached hydrogen (secondary N) is 1. The molecule has 32 heavy (non-hydrogen) atoms. The van der Waals surface area contributed by atoms with Crippen LogP contribution in [-0.2, 0) is 21.8 Å². The van der Waals surface area contributed by atoms with Crippen molar-refractivity contribution in [2.75, 3.05) is 26.2 Å². The maximum Gasteiger partial charge on any atom is 0.265 e. The zero-order valence-electron chi connectivity index (χ0n) is 19.2. The fourth-order valence-corrected chi connectivity index (χ4v) is 6.73. The summed E-state index contributed by atoms with van der Waals surface area (Å²) in [6, 6.07) is 1.66. The smallest absolute Gasteiger partial charge is 0.265 e. The molecule has 1 amide bonds. The number of piperidine rings is 1. The second-order valence-electron chi connectivity index (χ2n) is 8.93. The highest BCUT2D eigenvalue weighted by molar-refractivity contribution is 7.89. The summed E-state index contributed by atoms with van der Waals surface area (Å²) in [6.45, 7) is 8.35. The monoisotopic (exact) mass is 480 g/mol. The molecule has 0 aliphatic carbocycles. The zero-order valence-corrected chi connectivity index (χ0v) is 20.8. The zero-order chi connectivity index (χ0) is 23.0. The SMILES string of the molecule is Cc1nc(-c2cc(S(=O)(=O)NCC3CCCO3)c(C)n2C)sc1C(=O)N1CCC(C)CC1. The fourth-order valence-electron chi connectivity index (χ4n) is 4.29. The van der Waals surface area contributed by atoms with E-state index in [4.69, 9.17) is 4.74 Å². The Kier molecular flexibility index (Phi) is 6.76. The van der Waals surface area contributed by atoms with Gasteiger partial charge in [0.2, 0.25) is 10.0 Å². The second kappa shape index (κ2) is 9.24. The number of aromatic nitrogens is 2. The first-order valence-corrected chi connectivity index (χ1v) is 13.5. The van der Waals surface area contributed by atoms with Crippen LogP contribution in [0.2, 0.25) is 0 Å². The van der Waals surface area contributed by atoms with E-state index in [1.807, 2.05) is 23.4 Å². The van der Waals surface area contributed by atoms with Crippen molar-refractivity contribution in [2.45, 2.75) is 57.5 Å². The molecule has 2 saturated heterocycles. The van der Waals surface area contributed by atoms with Crippen molar-refractivity contribution in [3.63, 3.8) is 0 Å². The van der Waals surface area contributed by atoms with Crippen LogP contribution < -0.4 is 4.72 Å². The molecule has 0 spiro atoms. The van der Waals surface area contributed by atoms with Crippen LogP contribution in [-0.4, -0.2) is 61.1 Å². The Morgan fingerprint density at radius 1 is 1.28 bits per heavy atom. The third-order valence-electron chi connectivity index (χ3n) is 6.58. The summed E-state index contributed by atoms with van der Waals surface area (Å²) in [5.74, 6) is 0.674. The van der Waals surface area contributed by atoms with Crippen molar-refractivity contribution in [2.24, 2.45) is 13.0 Å². The number of aryl methyl sites for hydroxylation is 1. The summed E-state index contributed by atoms with van der Waals surface area (Å²) < 4.78 is 36.0. The van der Waals surface area contributed by atoms with Crippen molar-refractivity contribution in [3.05, 3.63) is 22.3 Å². The minimum Gasteiger partial charge on any atom is -0.377 e. The van der Waals surface area contributed by atoms with Crippen LogP contribution in [0.1, 0.15) is 53.7 Å². The number of thiazole rings is 1. The van der Waals surface area contributed by atoms with Gasteiger partial charge in [-0.2, -0.15) is 0 Å². The van der Waals surface area contributed by atoms with Gasteiger partial charge in [0.15, 0.2) is 0 Å². The average Bonchev–Trinajstić information content (AvgIpc) is 3.48. The Morgan fingerprint density at radius 3 is 2.66 bits per heavy atom. The molecule has 0 bridgehead atoms. The molecule has 0 saturated carbocycles. The number of sulfonamides is 1. The second-order valence-corrected chi connectivity index (χ2v) is 11.7. The summed E-state index contributed by atoms with van der Waals surface area (Å²) in [7, 11) is -1.85. The summed E-state index contributed by atoms with van der Waals surface area (Å²) in [5, 5.41) is 0.655. The van der Waals surface area contributed by atoms with Crippen molar-refractivity contribution in [3.8, 4) is 10.7 Å². The van der Waals surface area contributed by atoms with Gasteiger partial charge < -0.3 is 14.2 Å². The standard InChI is InChI=1S/C22H32N4O4S2/c1-14-7-9-26(10-8-14)22(27)20-15(2)24-21(31-20)18-12-19(16(3)25(18)4)32(28,29)23-13-17-6-5-11-30-17/h12,14,17,23H,5-11,13H2,1-4H3. The van der Waals surface area contributed by atoms with Gasteiger partial charge in [-0.3, -0.25) is 4.79 Å². The van der Waals surface area contributed by atoms with E-state index >= 15 is 0 Å². The number of nitrogens with zero attached hydrogens (tertiary/aromatic N) is 3. The summed E-state index contributed by atoms with van der Waals surface area (Å²) in [4.78, 5) is 20.5. The van der Waals surface area contributed by atoms with Crippen LogP contribution in [0.4, 0.5) is 0 Å². The summed E-state index contributed by atoms with van der Waals surface area (Å²) in [6.07, 6.45) is 3.80. The number of carbonyl (C=O) groups excluding carboxylic acids is 1. The van der Waals surface area contributed by atoms with Gasteiger partial charge in [-0.05, 0) is 51.5 Å². The van der Waals surface area contributed by atoms with Gasteiger partial charge in [0, 0.05) is 39.0 Å². The predicted octanol–water partition coefficient (Wildman–Crippen LogP) is 3.09. The molecule has 2 aromatic rings. The van der Waals surface area contributed by atoms with Crippen LogP contribution in [0.25, 0.3) is 10.7 Å². The first-order valence-electron chi connectivity index (χ1n) is 11.2. The van der Waals surface area contributed by atoms with E-state index in [0.29, 0.717) is 39.5 Å². The maximum atomic E-state index is 13.1. The molecule has 8 nitrogen and oxygen atoms in total. The van der Waals surface area contributed by atoms with Crippen molar-refractivity contribution < 1.29 is 17.9 Å². The fraction of sp³-hybridized carbons (Fsp3) is 0.636. The van der Waals surface area contributed by atoms with Gasteiger partial charge in [0.25, 0.3) is 5.91 Å². The van der Waals surface area contributed by atoms with Gasteiger partial charge in [-0.1, -0.05) is 6.92 Å². The van der Waals surface area contributed by atoms with E-state index in [1.165, 1.54) is 11.3 Å².